The summed E-state index contributed by atoms with van der Waals surface area (Å²) in [7, 11) is 0. The SMILES string of the molecule is O=C(Nc1c(F)cc(Br)cc1F)c1cccc(Br)c1F. The molecule has 0 fully saturated rings. The van der Waals surface area contributed by atoms with Crippen LogP contribution in [0.2, 0.25) is 0 Å². The second-order valence-corrected chi connectivity index (χ2v) is 5.57. The van der Waals surface area contributed by atoms with Crippen LogP contribution < -0.4 is 5.32 Å². The van der Waals surface area contributed by atoms with E-state index in [9.17, 15) is 18.0 Å². The van der Waals surface area contributed by atoms with Gasteiger partial charge in [0.2, 0.25) is 0 Å². The molecule has 0 radical (unpaired) electrons. The third-order valence-electron chi connectivity index (χ3n) is 2.44. The van der Waals surface area contributed by atoms with Crippen molar-refractivity contribution < 1.29 is 18.0 Å². The van der Waals surface area contributed by atoms with Gasteiger partial charge in [0.15, 0.2) is 11.6 Å². The summed E-state index contributed by atoms with van der Waals surface area (Å²) >= 11 is 5.85. The largest absolute Gasteiger partial charge is 0.317 e. The van der Waals surface area contributed by atoms with Crippen LogP contribution in [-0.4, -0.2) is 5.91 Å². The van der Waals surface area contributed by atoms with Gasteiger partial charge in [-0.15, -0.1) is 0 Å². The van der Waals surface area contributed by atoms with E-state index in [0.29, 0.717) is 0 Å². The summed E-state index contributed by atoms with van der Waals surface area (Å²) in [6.07, 6.45) is 0. The zero-order chi connectivity index (χ0) is 14.9. The number of hydrogen-bond acceptors (Lipinski definition) is 1. The zero-order valence-electron chi connectivity index (χ0n) is 9.68. The predicted octanol–water partition coefficient (Wildman–Crippen LogP) is 4.88. The number of amides is 1. The van der Waals surface area contributed by atoms with Gasteiger partial charge in [-0.1, -0.05) is 22.0 Å². The van der Waals surface area contributed by atoms with E-state index in [2.05, 4.69) is 31.9 Å². The van der Waals surface area contributed by atoms with E-state index in [4.69, 9.17) is 0 Å². The molecular formula is C13H6Br2F3NO. The summed E-state index contributed by atoms with van der Waals surface area (Å²) in [5.74, 6) is -3.66. The Morgan fingerprint density at radius 1 is 1.05 bits per heavy atom. The molecule has 2 aromatic rings. The minimum Gasteiger partial charge on any atom is -0.317 e. The first-order valence-corrected chi connectivity index (χ1v) is 6.88. The maximum Gasteiger partial charge on any atom is 0.258 e. The van der Waals surface area contributed by atoms with Crippen LogP contribution in [0.25, 0.3) is 0 Å². The summed E-state index contributed by atoms with van der Waals surface area (Å²) in [5.41, 5.74) is -0.946. The fraction of sp³-hybridized carbons (Fsp3) is 0. The van der Waals surface area contributed by atoms with Crippen LogP contribution >= 0.6 is 31.9 Å². The van der Waals surface area contributed by atoms with Gasteiger partial charge in [0.05, 0.1) is 10.0 Å². The average molecular weight is 409 g/mol. The standard InChI is InChI=1S/C13H6Br2F3NO/c14-6-4-9(16)12(10(17)5-6)19-13(20)7-2-1-3-8(15)11(7)18/h1-5H,(H,19,20). The Kier molecular flexibility index (Phi) is 4.49. The molecule has 0 aliphatic rings. The lowest BCUT2D eigenvalue weighted by atomic mass is 10.2. The minimum atomic E-state index is -0.958. The molecule has 0 heterocycles. The number of hydrogen-bond donors (Lipinski definition) is 1. The summed E-state index contributed by atoms with van der Waals surface area (Å²) < 4.78 is 41.2. The van der Waals surface area contributed by atoms with Gasteiger partial charge < -0.3 is 5.32 Å². The number of anilines is 1. The van der Waals surface area contributed by atoms with E-state index in [-0.39, 0.29) is 14.5 Å². The summed E-state index contributed by atoms with van der Waals surface area (Å²) in [6.45, 7) is 0. The zero-order valence-corrected chi connectivity index (χ0v) is 12.9. The Morgan fingerprint density at radius 2 is 1.65 bits per heavy atom. The first-order chi connectivity index (χ1) is 9.40. The van der Waals surface area contributed by atoms with Gasteiger partial charge >= 0.3 is 0 Å². The topological polar surface area (TPSA) is 29.1 Å². The minimum absolute atomic E-state index is 0.0851. The molecule has 1 N–H and O–H groups in total. The highest BCUT2D eigenvalue weighted by molar-refractivity contribution is 9.10. The van der Waals surface area contributed by atoms with Crippen LogP contribution in [0.15, 0.2) is 39.3 Å². The molecule has 0 unspecified atom stereocenters. The van der Waals surface area contributed by atoms with Gasteiger partial charge in [0.1, 0.15) is 11.5 Å². The molecule has 0 aromatic heterocycles. The lowest BCUT2D eigenvalue weighted by Crippen LogP contribution is -2.16. The third-order valence-corrected chi connectivity index (χ3v) is 3.51. The summed E-state index contributed by atoms with van der Waals surface area (Å²) in [4.78, 5) is 11.9. The number of nitrogens with one attached hydrogen (secondary N) is 1. The van der Waals surface area contributed by atoms with Gasteiger partial charge in [-0.3, -0.25) is 4.79 Å². The fourth-order valence-corrected chi connectivity index (χ4v) is 2.29. The normalized spacial score (nSPS) is 10.4. The number of carbonyl (C=O) groups is 1. The van der Waals surface area contributed by atoms with Crippen molar-refractivity contribution in [2.75, 3.05) is 5.32 Å². The Labute approximate surface area is 129 Å². The van der Waals surface area contributed by atoms with Crippen molar-refractivity contribution in [3.05, 3.63) is 62.3 Å². The molecule has 0 atom stereocenters. The molecule has 7 heteroatoms. The van der Waals surface area contributed by atoms with Crippen molar-refractivity contribution in [1.29, 1.82) is 0 Å². The molecule has 0 saturated heterocycles. The van der Waals surface area contributed by atoms with Crippen LogP contribution in [0.1, 0.15) is 10.4 Å². The Hall–Kier alpha value is -1.34. The van der Waals surface area contributed by atoms with Gasteiger partial charge in [-0.25, -0.2) is 13.2 Å². The van der Waals surface area contributed by atoms with E-state index in [1.54, 1.807) is 0 Å². The van der Waals surface area contributed by atoms with Crippen molar-refractivity contribution in [3.8, 4) is 0 Å². The number of rotatable bonds is 2. The third kappa shape index (κ3) is 3.04. The fourth-order valence-electron chi connectivity index (χ4n) is 1.52. The van der Waals surface area contributed by atoms with E-state index in [1.807, 2.05) is 5.32 Å². The van der Waals surface area contributed by atoms with Gasteiger partial charge in [-0.05, 0) is 40.2 Å². The molecular weight excluding hydrogens is 403 g/mol. The van der Waals surface area contributed by atoms with E-state index in [0.717, 1.165) is 12.1 Å². The second-order valence-electron chi connectivity index (χ2n) is 3.80. The molecule has 0 spiro atoms. The molecule has 0 aliphatic heterocycles. The highest BCUT2D eigenvalue weighted by Gasteiger charge is 2.18. The monoisotopic (exact) mass is 407 g/mol. The van der Waals surface area contributed by atoms with Crippen LogP contribution in [0.5, 0.6) is 0 Å². The Balaban J connectivity index is 2.36. The average Bonchev–Trinajstić information content (AvgIpc) is 2.36. The quantitative estimate of drug-likeness (QED) is 0.753. The highest BCUT2D eigenvalue weighted by Crippen LogP contribution is 2.25. The molecule has 20 heavy (non-hydrogen) atoms. The summed E-state index contributed by atoms with van der Waals surface area (Å²) in [5, 5.41) is 2.02. The van der Waals surface area contributed by atoms with Crippen LogP contribution in [0, 0.1) is 17.5 Å². The van der Waals surface area contributed by atoms with Crippen LogP contribution in [0.4, 0.5) is 18.9 Å². The molecule has 0 aliphatic carbocycles. The second kappa shape index (κ2) is 5.97. The van der Waals surface area contributed by atoms with Crippen LogP contribution in [-0.2, 0) is 0 Å². The molecule has 2 nitrogen and oxygen atoms in total. The van der Waals surface area contributed by atoms with Gasteiger partial charge in [-0.2, -0.15) is 0 Å². The Bertz CT molecular complexity index is 668. The maximum atomic E-state index is 13.7. The van der Waals surface area contributed by atoms with Crippen molar-refractivity contribution in [2.24, 2.45) is 0 Å². The molecule has 0 bridgehead atoms. The molecule has 104 valence electrons. The van der Waals surface area contributed by atoms with Crippen molar-refractivity contribution in [1.82, 2.24) is 0 Å². The number of carbonyl (C=O) groups excluding carboxylic acids is 1. The first kappa shape index (κ1) is 15.1. The van der Waals surface area contributed by atoms with Gasteiger partial charge in [0.25, 0.3) is 5.91 Å². The lowest BCUT2D eigenvalue weighted by molar-refractivity contribution is 0.102. The van der Waals surface area contributed by atoms with Crippen LogP contribution in [0.3, 0.4) is 0 Å². The highest BCUT2D eigenvalue weighted by atomic mass is 79.9. The number of halogens is 5. The first-order valence-electron chi connectivity index (χ1n) is 5.30. The van der Waals surface area contributed by atoms with Crippen molar-refractivity contribution in [2.45, 2.75) is 0 Å². The molecule has 0 saturated carbocycles. The predicted molar refractivity (Wildman–Crippen MR) is 76.1 cm³/mol. The Morgan fingerprint density at radius 3 is 2.25 bits per heavy atom. The molecule has 2 rings (SSSR count). The maximum absolute atomic E-state index is 13.7. The lowest BCUT2D eigenvalue weighted by Gasteiger charge is -2.09. The molecule has 1 amide bonds. The number of benzene rings is 2. The van der Waals surface area contributed by atoms with E-state index in [1.165, 1.54) is 18.2 Å². The van der Waals surface area contributed by atoms with E-state index >= 15 is 0 Å². The molecule has 2 aromatic carbocycles. The van der Waals surface area contributed by atoms with E-state index < -0.39 is 29.0 Å². The van der Waals surface area contributed by atoms with Gasteiger partial charge in [0, 0.05) is 4.47 Å². The van der Waals surface area contributed by atoms with Crippen molar-refractivity contribution in [3.63, 3.8) is 0 Å². The smallest absolute Gasteiger partial charge is 0.258 e. The summed E-state index contributed by atoms with van der Waals surface area (Å²) in [6, 6.07) is 6.05. The van der Waals surface area contributed by atoms with Crippen molar-refractivity contribution >= 4 is 43.5 Å².